The zero-order valence-electron chi connectivity index (χ0n) is 10.6. The van der Waals surface area contributed by atoms with E-state index in [0.29, 0.717) is 17.7 Å². The number of carboxylic acid groups (broad SMARTS) is 1. The molecule has 0 aliphatic rings. The first-order valence-corrected chi connectivity index (χ1v) is 5.80. The van der Waals surface area contributed by atoms with Gasteiger partial charge in [0.1, 0.15) is 5.54 Å². The lowest BCUT2D eigenvalue weighted by atomic mass is 9.96. The van der Waals surface area contributed by atoms with Crippen molar-refractivity contribution in [2.75, 3.05) is 5.32 Å². The van der Waals surface area contributed by atoms with Crippen molar-refractivity contribution >= 4 is 17.6 Å². The Morgan fingerprint density at radius 1 is 1.33 bits per heavy atom. The third kappa shape index (κ3) is 3.23. The molecule has 5 heteroatoms. The van der Waals surface area contributed by atoms with Gasteiger partial charge in [0.15, 0.2) is 0 Å². The number of carboxylic acids is 1. The third-order valence-electron chi connectivity index (χ3n) is 2.81. The number of rotatable bonds is 6. The molecule has 0 aliphatic heterocycles. The molecule has 0 spiro atoms. The SMILES string of the molecule is CCCC(C)(Nc1ccc(C(N)=O)cc1)C(=O)O. The summed E-state index contributed by atoms with van der Waals surface area (Å²) in [5.41, 5.74) is 5.17. The predicted octanol–water partition coefficient (Wildman–Crippen LogP) is 1.84. The van der Waals surface area contributed by atoms with Crippen LogP contribution in [0, 0.1) is 0 Å². The van der Waals surface area contributed by atoms with Crippen LogP contribution >= 0.6 is 0 Å². The highest BCUT2D eigenvalue weighted by atomic mass is 16.4. The molecule has 0 fully saturated rings. The van der Waals surface area contributed by atoms with E-state index in [1.807, 2.05) is 6.92 Å². The van der Waals surface area contributed by atoms with E-state index in [9.17, 15) is 14.7 Å². The molecule has 0 bridgehead atoms. The van der Waals surface area contributed by atoms with Crippen molar-refractivity contribution in [2.45, 2.75) is 32.2 Å². The Labute approximate surface area is 106 Å². The smallest absolute Gasteiger partial charge is 0.329 e. The number of benzene rings is 1. The van der Waals surface area contributed by atoms with Crippen LogP contribution in [0.1, 0.15) is 37.0 Å². The fourth-order valence-electron chi connectivity index (χ4n) is 1.76. The number of nitrogens with one attached hydrogen (secondary N) is 1. The second kappa shape index (κ2) is 5.53. The van der Waals surface area contributed by atoms with Crippen molar-refractivity contribution in [1.29, 1.82) is 0 Å². The van der Waals surface area contributed by atoms with Gasteiger partial charge in [-0.05, 0) is 37.6 Å². The molecule has 4 N–H and O–H groups in total. The Morgan fingerprint density at radius 3 is 2.28 bits per heavy atom. The molecular formula is C13H18N2O3. The van der Waals surface area contributed by atoms with Crippen LogP contribution < -0.4 is 11.1 Å². The van der Waals surface area contributed by atoms with Crippen LogP contribution in [0.2, 0.25) is 0 Å². The molecular weight excluding hydrogens is 232 g/mol. The summed E-state index contributed by atoms with van der Waals surface area (Å²) in [5.74, 6) is -1.40. The van der Waals surface area contributed by atoms with E-state index >= 15 is 0 Å². The van der Waals surface area contributed by atoms with Gasteiger partial charge in [0, 0.05) is 11.3 Å². The van der Waals surface area contributed by atoms with Crippen molar-refractivity contribution in [1.82, 2.24) is 0 Å². The van der Waals surface area contributed by atoms with E-state index in [1.54, 1.807) is 31.2 Å². The van der Waals surface area contributed by atoms with E-state index in [4.69, 9.17) is 5.73 Å². The molecule has 1 aromatic carbocycles. The molecule has 0 heterocycles. The fourth-order valence-corrected chi connectivity index (χ4v) is 1.76. The first-order valence-electron chi connectivity index (χ1n) is 5.80. The average molecular weight is 250 g/mol. The second-order valence-corrected chi connectivity index (χ2v) is 4.45. The molecule has 1 aromatic rings. The van der Waals surface area contributed by atoms with Gasteiger partial charge >= 0.3 is 5.97 Å². The highest BCUT2D eigenvalue weighted by Gasteiger charge is 2.31. The van der Waals surface area contributed by atoms with Gasteiger partial charge in [0.25, 0.3) is 0 Å². The summed E-state index contributed by atoms with van der Waals surface area (Å²) in [6, 6.07) is 6.44. The van der Waals surface area contributed by atoms with E-state index < -0.39 is 17.4 Å². The normalized spacial score (nSPS) is 13.7. The average Bonchev–Trinajstić information content (AvgIpc) is 2.29. The summed E-state index contributed by atoms with van der Waals surface area (Å²) < 4.78 is 0. The number of hydrogen-bond acceptors (Lipinski definition) is 3. The predicted molar refractivity (Wildman–Crippen MR) is 69.5 cm³/mol. The van der Waals surface area contributed by atoms with Gasteiger partial charge in [0.2, 0.25) is 5.91 Å². The molecule has 1 unspecified atom stereocenters. The maximum Gasteiger partial charge on any atom is 0.329 e. The van der Waals surface area contributed by atoms with E-state index in [1.165, 1.54) is 0 Å². The number of hydrogen-bond donors (Lipinski definition) is 3. The summed E-state index contributed by atoms with van der Waals surface area (Å²) in [6.45, 7) is 3.57. The number of anilines is 1. The molecule has 18 heavy (non-hydrogen) atoms. The zero-order valence-corrected chi connectivity index (χ0v) is 10.6. The van der Waals surface area contributed by atoms with Gasteiger partial charge in [-0.1, -0.05) is 13.3 Å². The van der Waals surface area contributed by atoms with Gasteiger partial charge in [0.05, 0.1) is 0 Å². The van der Waals surface area contributed by atoms with Crippen molar-refractivity contribution in [2.24, 2.45) is 5.73 Å². The van der Waals surface area contributed by atoms with E-state index in [0.717, 1.165) is 6.42 Å². The molecule has 0 saturated heterocycles. The van der Waals surface area contributed by atoms with Crippen molar-refractivity contribution < 1.29 is 14.7 Å². The summed E-state index contributed by atoms with van der Waals surface area (Å²) in [7, 11) is 0. The van der Waals surface area contributed by atoms with Crippen LogP contribution in [0.5, 0.6) is 0 Å². The third-order valence-corrected chi connectivity index (χ3v) is 2.81. The molecule has 98 valence electrons. The lowest BCUT2D eigenvalue weighted by Crippen LogP contribution is -2.43. The minimum absolute atomic E-state index is 0.396. The molecule has 5 nitrogen and oxygen atoms in total. The lowest BCUT2D eigenvalue weighted by molar-refractivity contribution is -0.141. The van der Waals surface area contributed by atoms with Crippen LogP contribution in [0.3, 0.4) is 0 Å². The van der Waals surface area contributed by atoms with Crippen LogP contribution in [-0.2, 0) is 4.79 Å². The van der Waals surface area contributed by atoms with Crippen molar-refractivity contribution in [3.63, 3.8) is 0 Å². The molecule has 0 aromatic heterocycles. The van der Waals surface area contributed by atoms with Crippen LogP contribution in [0.15, 0.2) is 24.3 Å². The van der Waals surface area contributed by atoms with Crippen molar-refractivity contribution in [3.8, 4) is 0 Å². The molecule has 0 saturated carbocycles. The maximum absolute atomic E-state index is 11.3. The quantitative estimate of drug-likeness (QED) is 0.718. The van der Waals surface area contributed by atoms with Gasteiger partial charge in [-0.15, -0.1) is 0 Å². The number of nitrogens with two attached hydrogens (primary N) is 1. The maximum atomic E-state index is 11.3. The number of carbonyl (C=O) groups is 2. The Hall–Kier alpha value is -2.04. The summed E-state index contributed by atoms with van der Waals surface area (Å²) in [4.78, 5) is 22.2. The van der Waals surface area contributed by atoms with Gasteiger partial charge < -0.3 is 16.2 Å². The van der Waals surface area contributed by atoms with Gasteiger partial charge in [-0.2, -0.15) is 0 Å². The molecule has 1 rings (SSSR count). The standard InChI is InChI=1S/C13H18N2O3/c1-3-8-13(2,12(17)18)15-10-6-4-9(5-7-10)11(14)16/h4-7,15H,3,8H2,1-2H3,(H2,14,16)(H,17,18). The first kappa shape index (κ1) is 14.0. The van der Waals surface area contributed by atoms with E-state index in [-0.39, 0.29) is 0 Å². The summed E-state index contributed by atoms with van der Waals surface area (Å²) in [5, 5.41) is 12.2. The number of carbonyl (C=O) groups excluding carboxylic acids is 1. The Morgan fingerprint density at radius 2 is 1.89 bits per heavy atom. The summed E-state index contributed by atoms with van der Waals surface area (Å²) in [6.07, 6.45) is 1.27. The van der Waals surface area contributed by atoms with Crippen molar-refractivity contribution in [3.05, 3.63) is 29.8 Å². The topological polar surface area (TPSA) is 92.4 Å². The monoisotopic (exact) mass is 250 g/mol. The minimum atomic E-state index is -1.01. The largest absolute Gasteiger partial charge is 0.480 e. The Bertz CT molecular complexity index is 442. The first-order chi connectivity index (χ1) is 8.39. The number of primary amides is 1. The minimum Gasteiger partial charge on any atom is -0.480 e. The highest BCUT2D eigenvalue weighted by molar-refractivity contribution is 5.93. The summed E-state index contributed by atoms with van der Waals surface area (Å²) >= 11 is 0. The Kier molecular flexibility index (Phi) is 4.31. The zero-order chi connectivity index (χ0) is 13.8. The van der Waals surface area contributed by atoms with Gasteiger partial charge in [-0.3, -0.25) is 4.79 Å². The second-order valence-electron chi connectivity index (χ2n) is 4.45. The number of amides is 1. The molecule has 1 amide bonds. The van der Waals surface area contributed by atoms with Crippen LogP contribution in [-0.4, -0.2) is 22.5 Å². The van der Waals surface area contributed by atoms with Crippen LogP contribution in [0.25, 0.3) is 0 Å². The fraction of sp³-hybridized carbons (Fsp3) is 0.385. The number of aliphatic carboxylic acids is 1. The molecule has 1 atom stereocenters. The van der Waals surface area contributed by atoms with E-state index in [2.05, 4.69) is 5.32 Å². The van der Waals surface area contributed by atoms with Crippen LogP contribution in [0.4, 0.5) is 5.69 Å². The Balaban J connectivity index is 2.88. The van der Waals surface area contributed by atoms with Gasteiger partial charge in [-0.25, -0.2) is 4.79 Å². The lowest BCUT2D eigenvalue weighted by Gasteiger charge is -2.27. The molecule has 0 aliphatic carbocycles. The highest BCUT2D eigenvalue weighted by Crippen LogP contribution is 2.20. The molecule has 0 radical (unpaired) electrons.